The van der Waals surface area contributed by atoms with Crippen LogP contribution in [-0.2, 0) is 4.74 Å². The SMILES string of the molecule is Nc1ccccc1Sc1ccccc1C(=O)O.O=C(O)c1ccccc1SSc1ccccc1C(=O)O.O=C(O)c1ccccc1Sc1ccccc1[N+](=O)[O-].OCCOCCN1CCN(C2=Nc3ccccc3Sc3ccccc32)CC1.c1ccc2c(c1)N=C(N1CCNCC1)c1ccccc1S2. The smallest absolute Gasteiger partial charge is 0.336 e. The molecule has 532 valence electrons. The summed E-state index contributed by atoms with van der Waals surface area (Å²) < 4.78 is 5.40. The van der Waals surface area contributed by atoms with Crippen LogP contribution < -0.4 is 11.1 Å². The zero-order valence-corrected chi connectivity index (χ0v) is 60.8. The predicted octanol–water partition coefficient (Wildman–Crippen LogP) is 16.4. The zero-order valence-electron chi connectivity index (χ0n) is 55.9. The fraction of sp³-hybridized carbons (Fsp3) is 0.154. The number of para-hydroxylation sites is 4. The van der Waals surface area contributed by atoms with E-state index < -0.39 is 28.8 Å². The van der Waals surface area contributed by atoms with Gasteiger partial charge in [0.15, 0.2) is 0 Å². The Bertz CT molecular complexity index is 4600. The van der Waals surface area contributed by atoms with E-state index in [2.05, 4.69) is 117 Å². The maximum absolute atomic E-state index is 11.1. The van der Waals surface area contributed by atoms with Crippen molar-refractivity contribution in [3.8, 4) is 0 Å². The summed E-state index contributed by atoms with van der Waals surface area (Å²) in [5.41, 5.74) is 11.9. The number of amidine groups is 2. The number of ether oxygens (including phenoxy) is 1. The van der Waals surface area contributed by atoms with Crippen molar-refractivity contribution in [2.45, 2.75) is 49.0 Å². The molecule has 0 radical (unpaired) electrons. The van der Waals surface area contributed by atoms with Crippen molar-refractivity contribution in [1.82, 2.24) is 20.0 Å². The van der Waals surface area contributed by atoms with Crippen molar-refractivity contribution in [3.63, 3.8) is 0 Å². The van der Waals surface area contributed by atoms with Crippen LogP contribution in [0.25, 0.3) is 0 Å². The number of carbonyl (C=O) groups is 4. The van der Waals surface area contributed by atoms with Gasteiger partial charge in [-0.2, -0.15) is 0 Å². The number of piperazine rings is 2. The Balaban J connectivity index is 0.000000141. The minimum atomic E-state index is -1.05. The topological polar surface area (TPSA) is 294 Å². The number of hydrogen-bond donors (Lipinski definition) is 7. The van der Waals surface area contributed by atoms with Gasteiger partial charge in [-0.05, 0) is 103 Å². The van der Waals surface area contributed by atoms with Gasteiger partial charge in [0.05, 0.1) is 63.3 Å². The summed E-state index contributed by atoms with van der Waals surface area (Å²) in [6, 6.07) is 74.1. The maximum atomic E-state index is 11.1. The molecule has 8 N–H and O–H groups in total. The molecular weight excluding hydrogens is 1430 g/mol. The van der Waals surface area contributed by atoms with Crippen molar-refractivity contribution in [3.05, 3.63) is 286 Å². The number of fused-ring (bicyclic) bond motifs is 4. The first-order valence-corrected chi connectivity index (χ1v) is 38.1. The molecule has 2 fully saturated rings. The van der Waals surface area contributed by atoms with Gasteiger partial charge in [-0.15, -0.1) is 0 Å². The third kappa shape index (κ3) is 21.4. The molecule has 0 aliphatic carbocycles. The molecule has 104 heavy (non-hydrogen) atoms. The average Bonchev–Trinajstić information content (AvgIpc) is 1.64. The van der Waals surface area contributed by atoms with Crippen LogP contribution in [0.4, 0.5) is 22.7 Å². The minimum Gasteiger partial charge on any atom is -0.478 e. The van der Waals surface area contributed by atoms with E-state index >= 15 is 0 Å². The number of hydrogen-bond acceptors (Lipinski definition) is 21. The number of aromatic carboxylic acids is 4. The minimum absolute atomic E-state index is 0.0345. The Morgan fingerprint density at radius 1 is 0.452 bits per heavy atom. The van der Waals surface area contributed by atoms with Crippen molar-refractivity contribution in [1.29, 1.82) is 0 Å². The van der Waals surface area contributed by atoms with Gasteiger partial charge in [0, 0.05) is 126 Å². The number of nitrogen functional groups attached to an aromatic ring is 1. The number of nitrogens with two attached hydrogens (primary N) is 1. The number of nitrogens with one attached hydrogen (secondary N) is 1. The number of aliphatic hydroxyl groups excluding tert-OH is 1. The third-order valence-corrected chi connectivity index (χ3v) is 22.9. The number of aliphatic hydroxyl groups is 1. The molecule has 0 amide bonds. The van der Waals surface area contributed by atoms with Gasteiger partial charge in [0.1, 0.15) is 11.7 Å². The molecule has 4 heterocycles. The van der Waals surface area contributed by atoms with E-state index in [0.29, 0.717) is 48.9 Å². The molecule has 0 saturated carbocycles. The van der Waals surface area contributed by atoms with E-state index in [1.807, 2.05) is 36.0 Å². The molecule has 0 aromatic heterocycles. The van der Waals surface area contributed by atoms with Crippen molar-refractivity contribution >= 4 is 127 Å². The van der Waals surface area contributed by atoms with Crippen molar-refractivity contribution < 1.29 is 54.4 Å². The summed E-state index contributed by atoms with van der Waals surface area (Å²) in [7, 11) is 2.47. The first-order valence-electron chi connectivity index (χ1n) is 32.7. The van der Waals surface area contributed by atoms with Crippen molar-refractivity contribution in [2.75, 3.05) is 84.5 Å². The highest BCUT2D eigenvalue weighted by atomic mass is 33.1. The van der Waals surface area contributed by atoms with Crippen LogP contribution >= 0.6 is 68.6 Å². The van der Waals surface area contributed by atoms with Crippen LogP contribution in [-0.4, -0.2) is 159 Å². The second kappa shape index (κ2) is 39.2. The maximum Gasteiger partial charge on any atom is 0.336 e. The van der Waals surface area contributed by atoms with Gasteiger partial charge < -0.3 is 51.1 Å². The predicted molar refractivity (Wildman–Crippen MR) is 414 cm³/mol. The summed E-state index contributed by atoms with van der Waals surface area (Å²) >= 11 is 6.05. The van der Waals surface area contributed by atoms with Crippen LogP contribution in [0.2, 0.25) is 0 Å². The summed E-state index contributed by atoms with van der Waals surface area (Å²) in [6.45, 7) is 10.1. The van der Waals surface area contributed by atoms with Gasteiger partial charge in [-0.3, -0.25) is 15.0 Å². The second-order valence-electron chi connectivity index (χ2n) is 22.7. The van der Waals surface area contributed by atoms with Gasteiger partial charge in [-0.1, -0.05) is 202 Å². The zero-order chi connectivity index (χ0) is 73.2. The summed E-state index contributed by atoms with van der Waals surface area (Å²) in [4.78, 5) is 80.7. The van der Waals surface area contributed by atoms with Crippen LogP contribution in [0.5, 0.6) is 0 Å². The lowest BCUT2D eigenvalue weighted by Crippen LogP contribution is -2.49. The molecule has 26 heteroatoms. The molecule has 10 aromatic carbocycles. The Hall–Kier alpha value is -9.84. The highest BCUT2D eigenvalue weighted by molar-refractivity contribution is 8.76. The molecule has 0 unspecified atom stereocenters. The molecular formula is C78H72N8O12S6. The number of nitro benzene ring substituents is 1. The molecule has 0 bridgehead atoms. The highest BCUT2D eigenvalue weighted by Crippen LogP contribution is 2.44. The van der Waals surface area contributed by atoms with E-state index in [9.17, 15) is 29.3 Å². The normalized spacial score (nSPS) is 13.4. The summed E-state index contributed by atoms with van der Waals surface area (Å²) in [5.74, 6) is -1.78. The number of nitro groups is 1. The van der Waals surface area contributed by atoms with Crippen LogP contribution in [0.1, 0.15) is 52.6 Å². The Labute approximate surface area is 626 Å². The summed E-state index contributed by atoms with van der Waals surface area (Å²) in [6.07, 6.45) is 0. The van der Waals surface area contributed by atoms with E-state index in [-0.39, 0.29) is 29.0 Å². The van der Waals surface area contributed by atoms with E-state index in [4.69, 9.17) is 46.0 Å². The van der Waals surface area contributed by atoms with E-state index in [1.165, 1.54) is 88.3 Å². The average molecular weight is 1510 g/mol. The van der Waals surface area contributed by atoms with Crippen LogP contribution in [0.3, 0.4) is 0 Å². The Kier molecular flexibility index (Phi) is 28.9. The Morgan fingerprint density at radius 2 is 0.817 bits per heavy atom. The number of anilines is 1. The third-order valence-electron chi connectivity index (χ3n) is 15.9. The van der Waals surface area contributed by atoms with Crippen LogP contribution in [0.15, 0.2) is 302 Å². The molecule has 0 atom stereocenters. The molecule has 20 nitrogen and oxygen atoms in total. The molecule has 0 spiro atoms. The number of carboxylic acid groups (broad SMARTS) is 4. The molecule has 4 aliphatic rings. The van der Waals surface area contributed by atoms with Gasteiger partial charge in [-0.25, -0.2) is 29.2 Å². The number of benzene rings is 10. The van der Waals surface area contributed by atoms with Gasteiger partial charge in [0.2, 0.25) is 0 Å². The van der Waals surface area contributed by atoms with Gasteiger partial charge >= 0.3 is 23.9 Å². The number of carboxylic acids is 4. The molecule has 4 aliphatic heterocycles. The first-order chi connectivity index (χ1) is 50.6. The van der Waals surface area contributed by atoms with E-state index in [0.717, 1.165) is 98.6 Å². The molecule has 2 saturated heterocycles. The standard InChI is InChI=1S/C21H25N3O2S.C17H17N3S.C14H10O4S2.C13H9NO4S.C13H11NO2S/c25-14-16-26-15-13-23-9-11-24(12-10-23)21-17-5-1-3-7-19(17)27-20-8-4-2-6-18(20)22-21;1-3-7-15-13(5-1)17(20-11-9-18-10-12-20)19-14-6-2-4-8-16(14)21-15;15-13(16)9-5-1-3-7-11(9)19-20-12-8-4-2-6-10(12)14(17)18;15-13(16)9-5-1-3-7-11(9)19-12-8-4-2-6-10(12)14(17)18;14-10-6-2-4-8-12(10)17-11-7-3-1-5-9(11)13(15)16/h1-8,25H,9-16H2;1-8,18H,9-12H2;1-8H,(H,15,16)(H,17,18);1-8H,(H,15,16);1-8H,14H2,(H,15,16). The lowest BCUT2D eigenvalue weighted by Gasteiger charge is -2.36. The van der Waals surface area contributed by atoms with Gasteiger partial charge in [0.25, 0.3) is 5.69 Å². The lowest BCUT2D eigenvalue weighted by molar-refractivity contribution is -0.387. The highest BCUT2D eigenvalue weighted by Gasteiger charge is 2.27. The molecule has 14 rings (SSSR count). The Morgan fingerprint density at radius 3 is 1.27 bits per heavy atom. The quantitative estimate of drug-likeness (QED) is 0.0147. The first kappa shape index (κ1) is 76.8. The second-order valence-corrected chi connectivity index (χ2v) is 29.3. The number of nitrogens with zero attached hydrogens (tertiary/aromatic N) is 6. The fourth-order valence-electron chi connectivity index (χ4n) is 10.7. The fourth-order valence-corrected chi connectivity index (χ4v) is 17.1. The molecule has 10 aromatic rings. The lowest BCUT2D eigenvalue weighted by atomic mass is 10.1. The largest absolute Gasteiger partial charge is 0.478 e. The van der Waals surface area contributed by atoms with Crippen LogP contribution in [0, 0.1) is 10.1 Å². The monoisotopic (exact) mass is 1500 g/mol. The van der Waals surface area contributed by atoms with Crippen molar-refractivity contribution in [2.24, 2.45) is 9.98 Å². The number of aliphatic imine (C=N–C) groups is 2. The van der Waals surface area contributed by atoms with E-state index in [1.54, 1.807) is 109 Å². The number of rotatable bonds is 17. The summed E-state index contributed by atoms with van der Waals surface area (Å²) in [5, 5.41) is 59.4.